The van der Waals surface area contributed by atoms with Gasteiger partial charge in [-0.05, 0) is 30.3 Å². The van der Waals surface area contributed by atoms with Crippen molar-refractivity contribution in [2.45, 2.75) is 6.54 Å². The first-order valence-electron chi connectivity index (χ1n) is 10.8. The molecule has 33 heavy (non-hydrogen) atoms. The van der Waals surface area contributed by atoms with Crippen LogP contribution in [0.2, 0.25) is 0 Å². The first kappa shape index (κ1) is 22.2. The Morgan fingerprint density at radius 2 is 1.73 bits per heavy atom. The number of carbonyl (C=O) groups is 1. The van der Waals surface area contributed by atoms with Crippen LogP contribution < -0.4 is 0 Å². The Morgan fingerprint density at radius 1 is 1.00 bits per heavy atom. The van der Waals surface area contributed by atoms with Gasteiger partial charge in [0.25, 0.3) is 0 Å². The minimum Gasteiger partial charge on any atom is -0.383 e. The van der Waals surface area contributed by atoms with Gasteiger partial charge in [0.2, 0.25) is 5.91 Å². The second kappa shape index (κ2) is 11.0. The van der Waals surface area contributed by atoms with Gasteiger partial charge in [0.15, 0.2) is 0 Å². The first-order valence-corrected chi connectivity index (χ1v) is 10.8. The first-order chi connectivity index (χ1) is 16.2. The van der Waals surface area contributed by atoms with E-state index in [2.05, 4.69) is 4.98 Å². The van der Waals surface area contributed by atoms with Gasteiger partial charge in [0.05, 0.1) is 30.2 Å². The van der Waals surface area contributed by atoms with Gasteiger partial charge in [-0.1, -0.05) is 54.6 Å². The third kappa shape index (κ3) is 5.81. The maximum atomic E-state index is 13.1. The summed E-state index contributed by atoms with van der Waals surface area (Å²) in [4.78, 5) is 19.2. The Balaban J connectivity index is 1.62. The highest BCUT2D eigenvalue weighted by molar-refractivity contribution is 5.92. The predicted octanol–water partition coefficient (Wildman–Crippen LogP) is 4.62. The van der Waals surface area contributed by atoms with Crippen LogP contribution in [0.15, 0.2) is 97.3 Å². The Bertz CT molecular complexity index is 1190. The summed E-state index contributed by atoms with van der Waals surface area (Å²) < 4.78 is 7.04. The van der Waals surface area contributed by atoms with E-state index in [-0.39, 0.29) is 5.91 Å². The molecule has 1 amide bonds. The molecule has 0 radical (unpaired) electrons. The zero-order valence-corrected chi connectivity index (χ0v) is 18.5. The quantitative estimate of drug-likeness (QED) is 0.358. The SMILES string of the molecule is COCCN(Cc1ccccn1)C(=O)/C=C/c1cn(-c2ccccc2)nc1-c1ccccc1. The van der Waals surface area contributed by atoms with Crippen LogP contribution in [0.1, 0.15) is 11.3 Å². The lowest BCUT2D eigenvalue weighted by Gasteiger charge is -2.20. The molecule has 0 aliphatic rings. The van der Waals surface area contributed by atoms with Crippen molar-refractivity contribution in [3.8, 4) is 16.9 Å². The second-order valence-electron chi connectivity index (χ2n) is 7.49. The Kier molecular flexibility index (Phi) is 7.40. The van der Waals surface area contributed by atoms with E-state index in [1.165, 1.54) is 0 Å². The van der Waals surface area contributed by atoms with Gasteiger partial charge in [0, 0.05) is 43.3 Å². The average molecular weight is 439 g/mol. The molecule has 0 aliphatic carbocycles. The number of benzene rings is 2. The van der Waals surface area contributed by atoms with E-state index in [1.807, 2.05) is 95.8 Å². The number of para-hydroxylation sites is 1. The molecule has 2 aromatic carbocycles. The van der Waals surface area contributed by atoms with E-state index in [9.17, 15) is 4.79 Å². The van der Waals surface area contributed by atoms with Crippen molar-refractivity contribution in [3.05, 3.63) is 109 Å². The van der Waals surface area contributed by atoms with Gasteiger partial charge in [-0.3, -0.25) is 9.78 Å². The standard InChI is InChI=1S/C27H26N4O2/c1-33-19-18-30(21-24-12-8-9-17-28-24)26(32)16-15-23-20-31(25-13-6-3-7-14-25)29-27(23)22-10-4-2-5-11-22/h2-17,20H,18-19,21H2,1H3/b16-15+. The molecular formula is C27H26N4O2. The van der Waals surface area contributed by atoms with Crippen molar-refractivity contribution in [2.75, 3.05) is 20.3 Å². The summed E-state index contributed by atoms with van der Waals surface area (Å²) in [5.74, 6) is -0.107. The molecule has 0 atom stereocenters. The fourth-order valence-corrected chi connectivity index (χ4v) is 3.46. The zero-order valence-electron chi connectivity index (χ0n) is 18.5. The van der Waals surface area contributed by atoms with Gasteiger partial charge in [0.1, 0.15) is 0 Å². The topological polar surface area (TPSA) is 60.2 Å². The van der Waals surface area contributed by atoms with Crippen molar-refractivity contribution < 1.29 is 9.53 Å². The van der Waals surface area contributed by atoms with Gasteiger partial charge >= 0.3 is 0 Å². The number of aromatic nitrogens is 3. The molecule has 0 fully saturated rings. The third-order valence-electron chi connectivity index (χ3n) is 5.17. The van der Waals surface area contributed by atoms with Crippen LogP contribution in [0.5, 0.6) is 0 Å². The van der Waals surface area contributed by atoms with Crippen LogP contribution in [0.25, 0.3) is 23.0 Å². The number of carbonyl (C=O) groups excluding carboxylic acids is 1. The Hall–Kier alpha value is -4.03. The lowest BCUT2D eigenvalue weighted by Crippen LogP contribution is -2.32. The largest absolute Gasteiger partial charge is 0.383 e. The van der Waals surface area contributed by atoms with Gasteiger partial charge in [-0.15, -0.1) is 0 Å². The van der Waals surface area contributed by atoms with E-state index in [1.54, 1.807) is 24.3 Å². The van der Waals surface area contributed by atoms with Crippen LogP contribution in [0, 0.1) is 0 Å². The number of hydrogen-bond donors (Lipinski definition) is 0. The van der Waals surface area contributed by atoms with E-state index in [0.29, 0.717) is 19.7 Å². The molecular weight excluding hydrogens is 412 g/mol. The molecule has 166 valence electrons. The molecule has 4 aromatic rings. The summed E-state index contributed by atoms with van der Waals surface area (Å²) in [6.45, 7) is 1.35. The molecule has 6 heteroatoms. The number of methoxy groups -OCH3 is 1. The molecule has 0 N–H and O–H groups in total. The highest BCUT2D eigenvalue weighted by Gasteiger charge is 2.14. The van der Waals surface area contributed by atoms with Crippen LogP contribution in [0.4, 0.5) is 0 Å². The maximum absolute atomic E-state index is 13.1. The minimum absolute atomic E-state index is 0.107. The number of amides is 1. The monoisotopic (exact) mass is 438 g/mol. The van der Waals surface area contributed by atoms with Crippen molar-refractivity contribution >= 4 is 12.0 Å². The predicted molar refractivity (Wildman–Crippen MR) is 130 cm³/mol. The zero-order chi connectivity index (χ0) is 22.9. The van der Waals surface area contributed by atoms with Crippen LogP contribution in [-0.2, 0) is 16.1 Å². The summed E-state index contributed by atoms with van der Waals surface area (Å²) in [7, 11) is 1.63. The van der Waals surface area contributed by atoms with Crippen LogP contribution in [0.3, 0.4) is 0 Å². The summed E-state index contributed by atoms with van der Waals surface area (Å²) in [5.41, 5.74) is 4.46. The van der Waals surface area contributed by atoms with Crippen molar-refractivity contribution in [1.29, 1.82) is 0 Å². The molecule has 0 saturated carbocycles. The number of ether oxygens (including phenoxy) is 1. The average Bonchev–Trinajstić information content (AvgIpc) is 3.31. The van der Waals surface area contributed by atoms with E-state index in [0.717, 1.165) is 28.2 Å². The summed E-state index contributed by atoms with van der Waals surface area (Å²) in [6, 6.07) is 25.6. The van der Waals surface area contributed by atoms with Gasteiger partial charge in [-0.2, -0.15) is 5.10 Å². The normalized spacial score (nSPS) is 11.1. The molecule has 0 unspecified atom stereocenters. The fraction of sp³-hybridized carbons (Fsp3) is 0.148. The second-order valence-corrected chi connectivity index (χ2v) is 7.49. The number of pyridine rings is 1. The summed E-state index contributed by atoms with van der Waals surface area (Å²) in [5, 5.41) is 4.80. The van der Waals surface area contributed by atoms with Gasteiger partial charge in [-0.25, -0.2) is 4.68 Å². The molecule has 0 saturated heterocycles. The highest BCUT2D eigenvalue weighted by atomic mass is 16.5. The summed E-state index contributed by atoms with van der Waals surface area (Å²) >= 11 is 0. The van der Waals surface area contributed by atoms with Crippen LogP contribution >= 0.6 is 0 Å². The van der Waals surface area contributed by atoms with Crippen molar-refractivity contribution in [2.24, 2.45) is 0 Å². The molecule has 0 spiro atoms. The molecule has 6 nitrogen and oxygen atoms in total. The molecule has 0 aliphatic heterocycles. The third-order valence-corrected chi connectivity index (χ3v) is 5.17. The number of nitrogens with zero attached hydrogens (tertiary/aromatic N) is 4. The Labute approximate surface area is 193 Å². The molecule has 0 bridgehead atoms. The fourth-order valence-electron chi connectivity index (χ4n) is 3.46. The molecule has 4 rings (SSSR count). The van der Waals surface area contributed by atoms with Crippen molar-refractivity contribution in [1.82, 2.24) is 19.7 Å². The number of rotatable bonds is 9. The Morgan fingerprint density at radius 3 is 2.42 bits per heavy atom. The van der Waals surface area contributed by atoms with E-state index >= 15 is 0 Å². The van der Waals surface area contributed by atoms with Crippen molar-refractivity contribution in [3.63, 3.8) is 0 Å². The lowest BCUT2D eigenvalue weighted by molar-refractivity contribution is -0.127. The molecule has 2 aromatic heterocycles. The lowest BCUT2D eigenvalue weighted by atomic mass is 10.1. The van der Waals surface area contributed by atoms with Gasteiger partial charge < -0.3 is 9.64 Å². The minimum atomic E-state index is -0.107. The maximum Gasteiger partial charge on any atom is 0.247 e. The highest BCUT2D eigenvalue weighted by Crippen LogP contribution is 2.24. The smallest absolute Gasteiger partial charge is 0.247 e. The number of hydrogen-bond acceptors (Lipinski definition) is 4. The van der Waals surface area contributed by atoms with E-state index < -0.39 is 0 Å². The van der Waals surface area contributed by atoms with E-state index in [4.69, 9.17) is 9.84 Å². The van der Waals surface area contributed by atoms with Crippen LogP contribution in [-0.4, -0.2) is 45.8 Å². The molecule has 2 heterocycles. The summed E-state index contributed by atoms with van der Waals surface area (Å²) in [6.07, 6.45) is 7.10.